The summed E-state index contributed by atoms with van der Waals surface area (Å²) >= 11 is 0. The highest BCUT2D eigenvalue weighted by atomic mass is 15.0. The molecule has 0 aliphatic rings. The first-order valence-electron chi connectivity index (χ1n) is 18.1. The molecule has 246 valence electrons. The van der Waals surface area contributed by atoms with Crippen molar-refractivity contribution in [3.8, 4) is 39.3 Å². The molecular formula is C50H31N3. The average Bonchev–Trinajstić information content (AvgIpc) is 3.58. The van der Waals surface area contributed by atoms with Gasteiger partial charge in [-0.15, -0.1) is 0 Å². The second kappa shape index (κ2) is 11.7. The summed E-state index contributed by atoms with van der Waals surface area (Å²) in [4.78, 5) is 10.5. The molecule has 0 saturated heterocycles. The summed E-state index contributed by atoms with van der Waals surface area (Å²) in [6, 6.07) is 67.2. The molecule has 0 saturated carbocycles. The Hall–Kier alpha value is -7.10. The van der Waals surface area contributed by atoms with Gasteiger partial charge in [0.1, 0.15) is 0 Å². The van der Waals surface area contributed by atoms with Crippen molar-refractivity contribution >= 4 is 65.2 Å². The predicted octanol–water partition coefficient (Wildman–Crippen LogP) is 13.2. The van der Waals surface area contributed by atoms with Gasteiger partial charge in [0.25, 0.3) is 0 Å². The molecular weight excluding hydrogens is 643 g/mol. The summed E-state index contributed by atoms with van der Waals surface area (Å²) in [5, 5.41) is 10.0. The number of hydrogen-bond acceptors (Lipinski definition) is 2. The van der Waals surface area contributed by atoms with Gasteiger partial charge in [0.05, 0.1) is 39.1 Å². The molecule has 0 spiro atoms. The standard InChI is InChI=1S/C50H31N3/c1-3-15-34(16-4-1)49-50(35-17-5-2-6-18-35)52-43-31-36(23-27-42(43)51-49)37-26-30-44(41-22-12-11-21-40(37)41)53-45-28-24-32-13-7-9-19-38(32)47(45)48-39-20-10-8-14-33(39)25-29-46(48)53/h1-31H. The lowest BCUT2D eigenvalue weighted by molar-refractivity contribution is 1.20. The highest BCUT2D eigenvalue weighted by Gasteiger charge is 2.20. The van der Waals surface area contributed by atoms with Crippen molar-refractivity contribution in [3.63, 3.8) is 0 Å². The molecule has 9 aromatic carbocycles. The third-order valence-corrected chi connectivity index (χ3v) is 10.8. The molecule has 11 aromatic rings. The van der Waals surface area contributed by atoms with E-state index in [4.69, 9.17) is 9.97 Å². The second-order valence-corrected chi connectivity index (χ2v) is 13.7. The van der Waals surface area contributed by atoms with Crippen LogP contribution in [-0.2, 0) is 0 Å². The lowest BCUT2D eigenvalue weighted by Crippen LogP contribution is -1.97. The van der Waals surface area contributed by atoms with Crippen LogP contribution in [0.1, 0.15) is 0 Å². The average molecular weight is 674 g/mol. The molecule has 0 aliphatic carbocycles. The number of benzene rings is 9. The van der Waals surface area contributed by atoms with E-state index < -0.39 is 0 Å². The molecule has 0 radical (unpaired) electrons. The van der Waals surface area contributed by atoms with E-state index in [1.165, 1.54) is 54.1 Å². The molecule has 0 fully saturated rings. The van der Waals surface area contributed by atoms with Gasteiger partial charge in [0.15, 0.2) is 0 Å². The monoisotopic (exact) mass is 673 g/mol. The maximum Gasteiger partial charge on any atom is 0.0973 e. The van der Waals surface area contributed by atoms with E-state index >= 15 is 0 Å². The Bertz CT molecular complexity index is 3120. The van der Waals surface area contributed by atoms with Gasteiger partial charge < -0.3 is 4.57 Å². The lowest BCUT2D eigenvalue weighted by Gasteiger charge is -2.16. The van der Waals surface area contributed by atoms with Crippen LogP contribution in [-0.4, -0.2) is 14.5 Å². The molecule has 2 aromatic heterocycles. The molecule has 0 atom stereocenters. The molecule has 0 bridgehead atoms. The third kappa shape index (κ3) is 4.61. The molecule has 3 nitrogen and oxygen atoms in total. The van der Waals surface area contributed by atoms with Gasteiger partial charge >= 0.3 is 0 Å². The van der Waals surface area contributed by atoms with Gasteiger partial charge in [-0.3, -0.25) is 0 Å². The summed E-state index contributed by atoms with van der Waals surface area (Å²) in [5.41, 5.74) is 11.5. The van der Waals surface area contributed by atoms with Crippen LogP contribution in [0, 0.1) is 0 Å². The Balaban J connectivity index is 1.15. The van der Waals surface area contributed by atoms with Crippen LogP contribution < -0.4 is 0 Å². The maximum absolute atomic E-state index is 5.30. The SMILES string of the molecule is c1ccc(-c2nc3ccc(-c4ccc(-n5c6ccc7ccccc7c6c6c7ccccc7ccc65)c5ccccc45)cc3nc2-c2ccccc2)cc1. The van der Waals surface area contributed by atoms with E-state index in [1.54, 1.807) is 0 Å². The van der Waals surface area contributed by atoms with Gasteiger partial charge in [-0.2, -0.15) is 0 Å². The van der Waals surface area contributed by atoms with Gasteiger partial charge in [-0.05, 0) is 68.4 Å². The first-order chi connectivity index (χ1) is 26.3. The Morgan fingerprint density at radius 2 is 0.849 bits per heavy atom. The maximum atomic E-state index is 5.30. The minimum atomic E-state index is 0.871. The van der Waals surface area contributed by atoms with Crippen LogP contribution >= 0.6 is 0 Å². The van der Waals surface area contributed by atoms with Crippen LogP contribution in [0.15, 0.2) is 188 Å². The smallest absolute Gasteiger partial charge is 0.0973 e. The van der Waals surface area contributed by atoms with Gasteiger partial charge in [0.2, 0.25) is 0 Å². The fourth-order valence-electron chi connectivity index (χ4n) is 8.35. The summed E-state index contributed by atoms with van der Waals surface area (Å²) in [6.45, 7) is 0. The first kappa shape index (κ1) is 29.6. The Labute approximate surface area is 306 Å². The van der Waals surface area contributed by atoms with Crippen molar-refractivity contribution in [1.29, 1.82) is 0 Å². The molecule has 3 heteroatoms. The summed E-state index contributed by atoms with van der Waals surface area (Å²) in [5.74, 6) is 0. The predicted molar refractivity (Wildman–Crippen MR) is 223 cm³/mol. The zero-order valence-electron chi connectivity index (χ0n) is 28.7. The molecule has 0 N–H and O–H groups in total. The second-order valence-electron chi connectivity index (χ2n) is 13.7. The van der Waals surface area contributed by atoms with Crippen molar-refractivity contribution < 1.29 is 0 Å². The van der Waals surface area contributed by atoms with Gasteiger partial charge in [0, 0.05) is 27.3 Å². The minimum Gasteiger partial charge on any atom is -0.309 e. The largest absolute Gasteiger partial charge is 0.309 e. The van der Waals surface area contributed by atoms with Crippen LogP contribution in [0.4, 0.5) is 0 Å². The third-order valence-electron chi connectivity index (χ3n) is 10.8. The van der Waals surface area contributed by atoms with E-state index in [0.29, 0.717) is 0 Å². The van der Waals surface area contributed by atoms with Gasteiger partial charge in [-0.25, -0.2) is 9.97 Å². The van der Waals surface area contributed by atoms with E-state index in [2.05, 4.69) is 180 Å². The van der Waals surface area contributed by atoms with E-state index in [1.807, 2.05) is 12.1 Å². The lowest BCUT2D eigenvalue weighted by atomic mass is 9.96. The highest BCUT2D eigenvalue weighted by molar-refractivity contribution is 6.29. The van der Waals surface area contributed by atoms with Crippen molar-refractivity contribution in [2.45, 2.75) is 0 Å². The van der Waals surface area contributed by atoms with Crippen LogP contribution in [0.3, 0.4) is 0 Å². The zero-order chi connectivity index (χ0) is 34.9. The minimum absolute atomic E-state index is 0.871. The topological polar surface area (TPSA) is 30.7 Å². The molecule has 0 aliphatic heterocycles. The number of nitrogens with zero attached hydrogens (tertiary/aromatic N) is 3. The number of hydrogen-bond donors (Lipinski definition) is 0. The van der Waals surface area contributed by atoms with Crippen LogP contribution in [0.25, 0.3) is 104 Å². The van der Waals surface area contributed by atoms with E-state index in [0.717, 1.165) is 50.4 Å². The van der Waals surface area contributed by atoms with Crippen molar-refractivity contribution in [3.05, 3.63) is 188 Å². The molecule has 53 heavy (non-hydrogen) atoms. The number of aromatic nitrogens is 3. The molecule has 0 amide bonds. The Kier molecular flexibility index (Phi) is 6.55. The Morgan fingerprint density at radius 3 is 1.45 bits per heavy atom. The fraction of sp³-hybridized carbons (Fsp3) is 0. The Morgan fingerprint density at radius 1 is 0.340 bits per heavy atom. The highest BCUT2D eigenvalue weighted by Crippen LogP contribution is 2.43. The van der Waals surface area contributed by atoms with Crippen LogP contribution in [0.5, 0.6) is 0 Å². The van der Waals surface area contributed by atoms with Crippen molar-refractivity contribution in [2.24, 2.45) is 0 Å². The zero-order valence-corrected chi connectivity index (χ0v) is 28.7. The van der Waals surface area contributed by atoms with Gasteiger partial charge in [-0.1, -0.05) is 158 Å². The molecule has 0 unspecified atom stereocenters. The summed E-state index contributed by atoms with van der Waals surface area (Å²) < 4.78 is 2.47. The first-order valence-corrected chi connectivity index (χ1v) is 18.1. The summed E-state index contributed by atoms with van der Waals surface area (Å²) in [6.07, 6.45) is 0. The quantitative estimate of drug-likeness (QED) is 0.186. The van der Waals surface area contributed by atoms with Crippen molar-refractivity contribution in [1.82, 2.24) is 14.5 Å². The molecule has 2 heterocycles. The number of fused-ring (bicyclic) bond motifs is 9. The molecule has 11 rings (SSSR count). The normalized spacial score (nSPS) is 11.8. The number of rotatable bonds is 4. The van der Waals surface area contributed by atoms with E-state index in [9.17, 15) is 0 Å². The van der Waals surface area contributed by atoms with E-state index in [-0.39, 0.29) is 0 Å². The fourth-order valence-corrected chi connectivity index (χ4v) is 8.35. The van der Waals surface area contributed by atoms with Crippen LogP contribution in [0.2, 0.25) is 0 Å². The van der Waals surface area contributed by atoms with Crippen molar-refractivity contribution in [2.75, 3.05) is 0 Å². The summed E-state index contributed by atoms with van der Waals surface area (Å²) in [7, 11) is 0.